The van der Waals surface area contributed by atoms with Gasteiger partial charge in [0.1, 0.15) is 6.61 Å². The molecule has 0 aromatic carbocycles. The van der Waals surface area contributed by atoms with E-state index in [0.717, 1.165) is 12.8 Å². The molecule has 0 saturated carbocycles. The molecule has 0 fully saturated rings. The maximum absolute atomic E-state index is 11.2. The van der Waals surface area contributed by atoms with Crippen LogP contribution < -0.4 is 0 Å². The summed E-state index contributed by atoms with van der Waals surface area (Å²) in [5.41, 5.74) is 0. The first-order valence-corrected chi connectivity index (χ1v) is 6.63. The summed E-state index contributed by atoms with van der Waals surface area (Å²) in [6.45, 7) is 4.75. The molecule has 0 N–H and O–H groups in total. The van der Waals surface area contributed by atoms with Gasteiger partial charge in [-0.15, -0.1) is 0 Å². The van der Waals surface area contributed by atoms with E-state index in [4.69, 9.17) is 9.47 Å². The Morgan fingerprint density at radius 2 is 1.61 bits per heavy atom. The molecule has 0 unspecified atom stereocenters. The number of esters is 2. The van der Waals surface area contributed by atoms with Gasteiger partial charge in [0.2, 0.25) is 0 Å². The van der Waals surface area contributed by atoms with Crippen LogP contribution in [-0.4, -0.2) is 25.2 Å². The molecule has 4 heteroatoms. The SMILES string of the molecule is CC=CCOC(=O)CCCCC(=O)OCCCC. The van der Waals surface area contributed by atoms with E-state index in [1.165, 1.54) is 0 Å². The Morgan fingerprint density at radius 1 is 1.00 bits per heavy atom. The number of unbranched alkanes of at least 4 members (excludes halogenated alkanes) is 2. The van der Waals surface area contributed by atoms with Gasteiger partial charge >= 0.3 is 11.9 Å². The predicted molar refractivity (Wildman–Crippen MR) is 70.1 cm³/mol. The molecule has 0 saturated heterocycles. The number of carbonyl (C=O) groups excluding carboxylic acids is 2. The first-order chi connectivity index (χ1) is 8.70. The van der Waals surface area contributed by atoms with Crippen LogP contribution in [0.2, 0.25) is 0 Å². The highest BCUT2D eigenvalue weighted by Crippen LogP contribution is 2.03. The second-order valence-corrected chi connectivity index (χ2v) is 4.03. The molecule has 0 amide bonds. The Labute approximate surface area is 109 Å². The second-order valence-electron chi connectivity index (χ2n) is 4.03. The van der Waals surface area contributed by atoms with E-state index in [1.807, 2.05) is 19.9 Å². The van der Waals surface area contributed by atoms with Gasteiger partial charge < -0.3 is 9.47 Å². The fraction of sp³-hybridized carbons (Fsp3) is 0.714. The summed E-state index contributed by atoms with van der Waals surface area (Å²) in [5, 5.41) is 0. The minimum absolute atomic E-state index is 0.175. The highest BCUT2D eigenvalue weighted by Gasteiger charge is 2.05. The van der Waals surface area contributed by atoms with Crippen LogP contribution in [0.3, 0.4) is 0 Å². The third-order valence-electron chi connectivity index (χ3n) is 2.35. The van der Waals surface area contributed by atoms with Crippen LogP contribution in [-0.2, 0) is 19.1 Å². The van der Waals surface area contributed by atoms with Crippen LogP contribution in [0.5, 0.6) is 0 Å². The Kier molecular flexibility index (Phi) is 11.3. The predicted octanol–water partition coefficient (Wildman–Crippen LogP) is 3.01. The first kappa shape index (κ1) is 16.7. The molecule has 104 valence electrons. The van der Waals surface area contributed by atoms with Crippen LogP contribution >= 0.6 is 0 Å². The lowest BCUT2D eigenvalue weighted by Crippen LogP contribution is -2.07. The molecule has 0 heterocycles. The molecule has 0 aromatic heterocycles. The van der Waals surface area contributed by atoms with Gasteiger partial charge in [0.05, 0.1) is 6.61 Å². The Bertz CT molecular complexity index is 259. The van der Waals surface area contributed by atoms with Crippen LogP contribution in [0.4, 0.5) is 0 Å². The number of hydrogen-bond acceptors (Lipinski definition) is 4. The molecule has 4 nitrogen and oxygen atoms in total. The van der Waals surface area contributed by atoms with Crippen molar-refractivity contribution in [1.29, 1.82) is 0 Å². The van der Waals surface area contributed by atoms with Crippen LogP contribution in [0.15, 0.2) is 12.2 Å². The fourth-order valence-corrected chi connectivity index (χ4v) is 1.25. The van der Waals surface area contributed by atoms with Crippen molar-refractivity contribution in [3.63, 3.8) is 0 Å². The topological polar surface area (TPSA) is 52.6 Å². The molecule has 0 bridgehead atoms. The minimum atomic E-state index is -0.215. The molecule has 18 heavy (non-hydrogen) atoms. The molecule has 0 aromatic rings. The summed E-state index contributed by atoms with van der Waals surface area (Å²) in [6.07, 6.45) is 7.61. The van der Waals surface area contributed by atoms with E-state index in [-0.39, 0.29) is 11.9 Å². The zero-order valence-corrected chi connectivity index (χ0v) is 11.4. The van der Waals surface area contributed by atoms with E-state index in [9.17, 15) is 9.59 Å². The Hall–Kier alpha value is -1.32. The van der Waals surface area contributed by atoms with Crippen LogP contribution in [0.25, 0.3) is 0 Å². The maximum Gasteiger partial charge on any atom is 0.306 e. The van der Waals surface area contributed by atoms with Gasteiger partial charge in [-0.05, 0) is 26.2 Å². The lowest BCUT2D eigenvalue weighted by Gasteiger charge is -2.04. The summed E-state index contributed by atoms with van der Waals surface area (Å²) >= 11 is 0. The molecule has 0 aliphatic carbocycles. The Balaban J connectivity index is 3.38. The van der Waals surface area contributed by atoms with E-state index in [0.29, 0.717) is 38.9 Å². The van der Waals surface area contributed by atoms with E-state index < -0.39 is 0 Å². The molecule has 0 radical (unpaired) electrons. The third kappa shape index (κ3) is 11.2. The summed E-state index contributed by atoms with van der Waals surface area (Å²) < 4.78 is 9.93. The van der Waals surface area contributed by atoms with Crippen LogP contribution in [0.1, 0.15) is 52.4 Å². The van der Waals surface area contributed by atoms with Gasteiger partial charge in [0.25, 0.3) is 0 Å². The normalized spacial score (nSPS) is 10.6. The number of allylic oxidation sites excluding steroid dienone is 1. The molecule has 0 spiro atoms. The lowest BCUT2D eigenvalue weighted by molar-refractivity contribution is -0.145. The summed E-state index contributed by atoms with van der Waals surface area (Å²) in [7, 11) is 0. The number of rotatable bonds is 10. The summed E-state index contributed by atoms with van der Waals surface area (Å²) in [4.78, 5) is 22.4. The average molecular weight is 256 g/mol. The molecular formula is C14H24O4. The van der Waals surface area contributed by atoms with Crippen LogP contribution in [0, 0.1) is 0 Å². The summed E-state index contributed by atoms with van der Waals surface area (Å²) in [6, 6.07) is 0. The Morgan fingerprint density at radius 3 is 2.17 bits per heavy atom. The second kappa shape index (κ2) is 12.1. The van der Waals surface area contributed by atoms with Gasteiger partial charge in [-0.2, -0.15) is 0 Å². The van der Waals surface area contributed by atoms with Crippen molar-refractivity contribution >= 4 is 11.9 Å². The summed E-state index contributed by atoms with van der Waals surface area (Å²) in [5.74, 6) is -0.391. The van der Waals surface area contributed by atoms with Crippen molar-refractivity contribution in [3.8, 4) is 0 Å². The van der Waals surface area contributed by atoms with Crippen molar-refractivity contribution < 1.29 is 19.1 Å². The largest absolute Gasteiger partial charge is 0.466 e. The molecule has 0 rings (SSSR count). The van der Waals surface area contributed by atoms with Gasteiger partial charge in [0, 0.05) is 12.8 Å². The van der Waals surface area contributed by atoms with Crippen molar-refractivity contribution in [2.75, 3.05) is 13.2 Å². The van der Waals surface area contributed by atoms with E-state index >= 15 is 0 Å². The molecule has 0 atom stereocenters. The smallest absolute Gasteiger partial charge is 0.306 e. The molecule has 0 aliphatic rings. The maximum atomic E-state index is 11.2. The molecule has 0 aliphatic heterocycles. The van der Waals surface area contributed by atoms with E-state index in [1.54, 1.807) is 6.08 Å². The zero-order valence-electron chi connectivity index (χ0n) is 11.4. The first-order valence-electron chi connectivity index (χ1n) is 6.63. The van der Waals surface area contributed by atoms with Crippen molar-refractivity contribution in [1.82, 2.24) is 0 Å². The van der Waals surface area contributed by atoms with Crippen molar-refractivity contribution in [2.45, 2.75) is 52.4 Å². The van der Waals surface area contributed by atoms with Crippen molar-refractivity contribution in [3.05, 3.63) is 12.2 Å². The van der Waals surface area contributed by atoms with Gasteiger partial charge in [-0.3, -0.25) is 9.59 Å². The minimum Gasteiger partial charge on any atom is -0.466 e. The third-order valence-corrected chi connectivity index (χ3v) is 2.35. The number of ether oxygens (including phenoxy) is 2. The van der Waals surface area contributed by atoms with Gasteiger partial charge in [-0.25, -0.2) is 0 Å². The monoisotopic (exact) mass is 256 g/mol. The van der Waals surface area contributed by atoms with Gasteiger partial charge in [-0.1, -0.05) is 25.5 Å². The number of carbonyl (C=O) groups is 2. The molecular weight excluding hydrogens is 232 g/mol. The average Bonchev–Trinajstić information content (AvgIpc) is 2.35. The van der Waals surface area contributed by atoms with Crippen molar-refractivity contribution in [2.24, 2.45) is 0 Å². The quantitative estimate of drug-likeness (QED) is 0.342. The number of hydrogen-bond donors (Lipinski definition) is 0. The zero-order chi connectivity index (χ0) is 13.6. The fourth-order valence-electron chi connectivity index (χ4n) is 1.25. The highest BCUT2D eigenvalue weighted by atomic mass is 16.5. The standard InChI is InChI=1S/C14H24O4/c1-3-5-11-17-13(15)9-7-8-10-14(16)18-12-6-4-2/h3,5H,4,6-12H2,1-2H3. The van der Waals surface area contributed by atoms with E-state index in [2.05, 4.69) is 0 Å². The highest BCUT2D eigenvalue weighted by molar-refractivity contribution is 5.70. The lowest BCUT2D eigenvalue weighted by atomic mass is 10.2. The van der Waals surface area contributed by atoms with Gasteiger partial charge in [0.15, 0.2) is 0 Å².